The topological polar surface area (TPSA) is 30.7 Å². The van der Waals surface area contributed by atoms with Crippen LogP contribution in [0.15, 0.2) is 140 Å². The number of hydrogen-bond donors (Lipinski definition) is 0. The number of hydrogen-bond acceptors (Lipinski definition) is 3. The van der Waals surface area contributed by atoms with E-state index in [1.54, 1.807) is 0 Å². The largest absolute Gasteiger partial charge is 0.309 e. The van der Waals surface area contributed by atoms with Gasteiger partial charge in [-0.3, -0.25) is 0 Å². The van der Waals surface area contributed by atoms with Gasteiger partial charge in [-0.25, -0.2) is 9.97 Å². The molecule has 0 fully saturated rings. The van der Waals surface area contributed by atoms with Crippen molar-refractivity contribution in [3.63, 3.8) is 0 Å². The first-order valence-corrected chi connectivity index (χ1v) is 19.9. The number of benzene rings is 6. The van der Waals surface area contributed by atoms with Gasteiger partial charge in [-0.05, 0) is 58.4 Å². The maximum Gasteiger partial charge on any atom is 0.160 e. The summed E-state index contributed by atoms with van der Waals surface area (Å²) in [6.07, 6.45) is 0. The van der Waals surface area contributed by atoms with Crippen LogP contribution in [-0.4, -0.2) is 22.6 Å². The molecular weight excluding hydrogens is 607 g/mol. The lowest BCUT2D eigenvalue weighted by Gasteiger charge is -2.21. The van der Waals surface area contributed by atoms with Crippen LogP contribution in [0.4, 0.5) is 0 Å². The highest BCUT2D eigenvalue weighted by Gasteiger charge is 2.41. The third-order valence-electron chi connectivity index (χ3n) is 10.0. The summed E-state index contributed by atoms with van der Waals surface area (Å²) in [5, 5.41) is 8.03. The van der Waals surface area contributed by atoms with Gasteiger partial charge in [-0.15, -0.1) is 11.3 Å². The zero-order valence-electron chi connectivity index (χ0n) is 26.0. The quantitative estimate of drug-likeness (QED) is 0.181. The van der Waals surface area contributed by atoms with Crippen molar-refractivity contribution in [2.75, 3.05) is 0 Å². The monoisotopic (exact) mass is 635 g/mol. The van der Waals surface area contributed by atoms with Crippen molar-refractivity contribution >= 4 is 71.8 Å². The van der Waals surface area contributed by atoms with E-state index >= 15 is 0 Å². The molecule has 47 heavy (non-hydrogen) atoms. The molecule has 0 saturated carbocycles. The SMILES string of the molecule is C[Si]1(C)c2ccccc2-c2nc(-c3ccc(-n4c5ccccc5c5c6sc7ccccc7c6ccc54)cc3)nc(-c3ccccc3)c21. The summed E-state index contributed by atoms with van der Waals surface area (Å²) in [7, 11) is -1.99. The predicted molar refractivity (Wildman–Crippen MR) is 202 cm³/mol. The Balaban J connectivity index is 1.16. The van der Waals surface area contributed by atoms with Crippen molar-refractivity contribution in [1.29, 1.82) is 0 Å². The number of para-hydroxylation sites is 1. The Morgan fingerprint density at radius 2 is 1.26 bits per heavy atom. The smallest absolute Gasteiger partial charge is 0.160 e. The molecule has 0 bridgehead atoms. The second kappa shape index (κ2) is 9.82. The van der Waals surface area contributed by atoms with Crippen LogP contribution >= 0.6 is 11.3 Å². The third kappa shape index (κ3) is 3.78. The van der Waals surface area contributed by atoms with Crippen molar-refractivity contribution in [2.45, 2.75) is 13.1 Å². The fraction of sp³-hybridized carbons (Fsp3) is 0.0476. The van der Waals surface area contributed by atoms with Gasteiger partial charge in [0.15, 0.2) is 5.82 Å². The summed E-state index contributed by atoms with van der Waals surface area (Å²) in [6.45, 7) is 4.86. The molecule has 10 rings (SSSR count). The molecule has 0 radical (unpaired) electrons. The Hall–Kier alpha value is -5.36. The average molecular weight is 636 g/mol. The zero-order valence-corrected chi connectivity index (χ0v) is 27.8. The second-order valence-corrected chi connectivity index (χ2v) is 18.3. The molecule has 222 valence electrons. The van der Waals surface area contributed by atoms with E-state index in [2.05, 4.69) is 157 Å². The Morgan fingerprint density at radius 3 is 2.11 bits per heavy atom. The maximum atomic E-state index is 5.33. The normalized spacial score (nSPS) is 13.5. The summed E-state index contributed by atoms with van der Waals surface area (Å²) in [5.41, 5.74) is 9.15. The first kappa shape index (κ1) is 26.8. The molecule has 3 aromatic heterocycles. The van der Waals surface area contributed by atoms with Gasteiger partial charge >= 0.3 is 0 Å². The van der Waals surface area contributed by atoms with Gasteiger partial charge in [-0.2, -0.15) is 0 Å². The van der Waals surface area contributed by atoms with Crippen LogP contribution in [0.3, 0.4) is 0 Å². The molecule has 3 nitrogen and oxygen atoms in total. The number of rotatable bonds is 3. The summed E-state index contributed by atoms with van der Waals surface area (Å²) in [5.74, 6) is 0.768. The van der Waals surface area contributed by atoms with Gasteiger partial charge in [0.1, 0.15) is 8.07 Å². The van der Waals surface area contributed by atoms with E-state index in [1.807, 2.05) is 11.3 Å². The van der Waals surface area contributed by atoms with Crippen LogP contribution in [0, 0.1) is 0 Å². The fourth-order valence-corrected chi connectivity index (χ4v) is 12.3. The molecule has 0 saturated heterocycles. The summed E-state index contributed by atoms with van der Waals surface area (Å²) < 4.78 is 5.08. The standard InChI is InChI=1S/C42H29N3SSi/c1-47(2)36-19-11-8-16-32(36)39-41(47)38(26-12-4-3-5-13-26)43-42(44-39)27-20-22-28(23-21-27)45-33-17-9-6-15-31(33)37-34(45)25-24-30-29-14-7-10-18-35(29)46-40(30)37/h3-25H,1-2H3. The van der Waals surface area contributed by atoms with E-state index < -0.39 is 8.07 Å². The molecule has 6 aromatic carbocycles. The molecule has 0 unspecified atom stereocenters. The zero-order chi connectivity index (χ0) is 31.3. The van der Waals surface area contributed by atoms with E-state index in [4.69, 9.17) is 9.97 Å². The number of nitrogens with zero attached hydrogens (tertiary/aromatic N) is 3. The van der Waals surface area contributed by atoms with Gasteiger partial charge in [-0.1, -0.05) is 110 Å². The Kier molecular flexibility index (Phi) is 5.60. The fourth-order valence-electron chi connectivity index (χ4n) is 7.82. The van der Waals surface area contributed by atoms with Crippen molar-refractivity contribution in [3.8, 4) is 39.6 Å². The Labute approximate surface area is 277 Å². The molecule has 0 amide bonds. The van der Waals surface area contributed by atoms with Crippen molar-refractivity contribution in [2.24, 2.45) is 0 Å². The molecule has 0 N–H and O–H groups in total. The van der Waals surface area contributed by atoms with Gasteiger partial charge < -0.3 is 4.57 Å². The highest BCUT2D eigenvalue weighted by Crippen LogP contribution is 2.43. The van der Waals surface area contributed by atoms with E-state index in [9.17, 15) is 0 Å². The predicted octanol–water partition coefficient (Wildman–Crippen LogP) is 10.1. The van der Waals surface area contributed by atoms with Crippen LogP contribution < -0.4 is 10.4 Å². The summed E-state index contributed by atoms with van der Waals surface area (Å²) >= 11 is 1.89. The van der Waals surface area contributed by atoms with Crippen molar-refractivity contribution < 1.29 is 0 Å². The van der Waals surface area contributed by atoms with Crippen LogP contribution in [0.25, 0.3) is 81.6 Å². The minimum Gasteiger partial charge on any atom is -0.309 e. The van der Waals surface area contributed by atoms with Crippen LogP contribution in [-0.2, 0) is 0 Å². The van der Waals surface area contributed by atoms with E-state index in [1.165, 1.54) is 57.9 Å². The summed E-state index contributed by atoms with van der Waals surface area (Å²) in [4.78, 5) is 10.6. The average Bonchev–Trinajstić information content (AvgIpc) is 3.74. The molecule has 0 aliphatic carbocycles. The first-order chi connectivity index (χ1) is 23.1. The maximum absolute atomic E-state index is 5.33. The molecule has 1 aliphatic heterocycles. The number of fused-ring (bicyclic) bond motifs is 10. The molecule has 9 aromatic rings. The molecule has 0 spiro atoms. The molecule has 1 aliphatic rings. The van der Waals surface area contributed by atoms with Gasteiger partial charge in [0.2, 0.25) is 0 Å². The van der Waals surface area contributed by atoms with Gasteiger partial charge in [0.05, 0.1) is 22.4 Å². The van der Waals surface area contributed by atoms with Crippen LogP contribution in [0.2, 0.25) is 13.1 Å². The Morgan fingerprint density at radius 1 is 0.553 bits per heavy atom. The lowest BCUT2D eigenvalue weighted by atomic mass is 10.1. The highest BCUT2D eigenvalue weighted by atomic mass is 32.1. The summed E-state index contributed by atoms with van der Waals surface area (Å²) in [6, 6.07) is 50.4. The lowest BCUT2D eigenvalue weighted by molar-refractivity contribution is 1.17. The van der Waals surface area contributed by atoms with Gasteiger partial charge in [0, 0.05) is 47.8 Å². The Bertz CT molecular complexity index is 2700. The molecule has 4 heterocycles. The third-order valence-corrected chi connectivity index (χ3v) is 14.7. The van der Waals surface area contributed by atoms with Gasteiger partial charge in [0.25, 0.3) is 0 Å². The van der Waals surface area contributed by atoms with Crippen LogP contribution in [0.5, 0.6) is 0 Å². The van der Waals surface area contributed by atoms with Crippen molar-refractivity contribution in [1.82, 2.24) is 14.5 Å². The lowest BCUT2D eigenvalue weighted by Crippen LogP contribution is -2.50. The minimum atomic E-state index is -1.99. The highest BCUT2D eigenvalue weighted by molar-refractivity contribution is 7.26. The number of aromatic nitrogens is 3. The van der Waals surface area contributed by atoms with Crippen molar-refractivity contribution in [3.05, 3.63) is 140 Å². The molecule has 5 heteroatoms. The van der Waals surface area contributed by atoms with E-state index in [0.29, 0.717) is 0 Å². The first-order valence-electron chi connectivity index (χ1n) is 16.1. The molecular formula is C42H29N3SSi. The van der Waals surface area contributed by atoms with E-state index in [-0.39, 0.29) is 0 Å². The number of thiophene rings is 1. The minimum absolute atomic E-state index is 0.768. The van der Waals surface area contributed by atoms with E-state index in [0.717, 1.165) is 34.0 Å². The van der Waals surface area contributed by atoms with Crippen LogP contribution in [0.1, 0.15) is 0 Å². The second-order valence-electron chi connectivity index (χ2n) is 13.0. The molecule has 0 atom stereocenters.